The van der Waals surface area contributed by atoms with Crippen LogP contribution in [0.15, 0.2) is 64.2 Å². The number of carbonyl (C=O) groups is 1. The van der Waals surface area contributed by atoms with Crippen LogP contribution in [0, 0.1) is 0 Å². The van der Waals surface area contributed by atoms with E-state index in [2.05, 4.69) is 26.5 Å². The van der Waals surface area contributed by atoms with Gasteiger partial charge in [-0.25, -0.2) is 5.43 Å². The summed E-state index contributed by atoms with van der Waals surface area (Å²) < 4.78 is 5.99. The van der Waals surface area contributed by atoms with E-state index >= 15 is 0 Å². The van der Waals surface area contributed by atoms with Gasteiger partial charge in [0.1, 0.15) is 5.75 Å². The molecule has 0 unspecified atom stereocenters. The first-order valence-electron chi connectivity index (χ1n) is 7.01. The van der Waals surface area contributed by atoms with Crippen molar-refractivity contribution in [1.82, 2.24) is 5.43 Å². The van der Waals surface area contributed by atoms with Crippen LogP contribution in [0.3, 0.4) is 0 Å². The standard InChI is InChI=1S/C18H17BrN2O2/c1-13(8-9-14-6-4-3-5-7-14)20-21-18(22)16-12-15(19)10-11-17(16)23-2/h3-12H,1-2H3,(H,21,22). The summed E-state index contributed by atoms with van der Waals surface area (Å²) in [7, 11) is 1.52. The van der Waals surface area contributed by atoms with Gasteiger partial charge in [-0.2, -0.15) is 5.10 Å². The highest BCUT2D eigenvalue weighted by Gasteiger charge is 2.12. The largest absolute Gasteiger partial charge is 0.496 e. The summed E-state index contributed by atoms with van der Waals surface area (Å²) in [6.45, 7) is 1.82. The number of ether oxygens (including phenoxy) is 1. The molecule has 0 bridgehead atoms. The zero-order chi connectivity index (χ0) is 16.7. The quantitative estimate of drug-likeness (QED) is 0.628. The Labute approximate surface area is 144 Å². The first-order valence-corrected chi connectivity index (χ1v) is 7.81. The van der Waals surface area contributed by atoms with Crippen LogP contribution in [0.5, 0.6) is 5.75 Å². The van der Waals surface area contributed by atoms with E-state index in [1.807, 2.05) is 55.5 Å². The van der Waals surface area contributed by atoms with E-state index < -0.39 is 0 Å². The van der Waals surface area contributed by atoms with Gasteiger partial charge in [-0.3, -0.25) is 4.79 Å². The maximum Gasteiger partial charge on any atom is 0.275 e. The van der Waals surface area contributed by atoms with Crippen LogP contribution >= 0.6 is 15.9 Å². The summed E-state index contributed by atoms with van der Waals surface area (Å²) in [5.74, 6) is 0.175. The second kappa shape index (κ2) is 8.29. The molecule has 5 heteroatoms. The number of rotatable bonds is 5. The van der Waals surface area contributed by atoms with E-state index in [1.54, 1.807) is 12.1 Å². The lowest BCUT2D eigenvalue weighted by Gasteiger charge is -2.07. The second-order valence-electron chi connectivity index (χ2n) is 4.78. The van der Waals surface area contributed by atoms with Crippen LogP contribution < -0.4 is 10.2 Å². The molecule has 0 spiro atoms. The molecule has 0 saturated heterocycles. The van der Waals surface area contributed by atoms with Crippen molar-refractivity contribution in [2.75, 3.05) is 7.11 Å². The van der Waals surface area contributed by atoms with Gasteiger partial charge in [-0.05, 0) is 36.8 Å². The van der Waals surface area contributed by atoms with Gasteiger partial charge >= 0.3 is 0 Å². The van der Waals surface area contributed by atoms with E-state index in [0.717, 1.165) is 10.0 Å². The number of benzene rings is 2. The Kier molecular flexibility index (Phi) is 6.11. The monoisotopic (exact) mass is 372 g/mol. The molecule has 4 nitrogen and oxygen atoms in total. The van der Waals surface area contributed by atoms with Crippen LogP contribution in [-0.4, -0.2) is 18.7 Å². The SMILES string of the molecule is COc1ccc(Br)cc1C(=O)NN=C(C)C=Cc1ccccc1. The molecule has 0 aliphatic rings. The Morgan fingerprint density at radius 2 is 1.96 bits per heavy atom. The average molecular weight is 373 g/mol. The van der Waals surface area contributed by atoms with Gasteiger partial charge in [0, 0.05) is 4.47 Å². The van der Waals surface area contributed by atoms with Crippen molar-refractivity contribution in [3.63, 3.8) is 0 Å². The molecule has 0 atom stereocenters. The smallest absolute Gasteiger partial charge is 0.275 e. The normalized spacial score (nSPS) is 11.5. The third-order valence-corrected chi connectivity index (χ3v) is 3.55. The lowest BCUT2D eigenvalue weighted by Crippen LogP contribution is -2.19. The van der Waals surface area contributed by atoms with Crippen molar-refractivity contribution in [2.45, 2.75) is 6.92 Å². The van der Waals surface area contributed by atoms with Crippen molar-refractivity contribution in [2.24, 2.45) is 5.10 Å². The summed E-state index contributed by atoms with van der Waals surface area (Å²) >= 11 is 3.34. The number of nitrogens with one attached hydrogen (secondary N) is 1. The lowest BCUT2D eigenvalue weighted by molar-refractivity contribution is 0.0951. The molecule has 2 rings (SSSR count). The maximum atomic E-state index is 12.2. The molecule has 2 aromatic rings. The summed E-state index contributed by atoms with van der Waals surface area (Å²) in [6, 6.07) is 15.1. The molecule has 0 saturated carbocycles. The third kappa shape index (κ3) is 5.07. The molecule has 0 radical (unpaired) electrons. The zero-order valence-electron chi connectivity index (χ0n) is 12.9. The van der Waals surface area contributed by atoms with E-state index in [9.17, 15) is 4.79 Å². The maximum absolute atomic E-state index is 12.2. The number of hydrazone groups is 1. The number of halogens is 1. The fourth-order valence-electron chi connectivity index (χ4n) is 1.88. The number of allylic oxidation sites excluding steroid dienone is 1. The first kappa shape index (κ1) is 17.0. The van der Waals surface area contributed by atoms with Crippen LogP contribution in [0.25, 0.3) is 6.08 Å². The van der Waals surface area contributed by atoms with Gasteiger partial charge in [-0.1, -0.05) is 52.3 Å². The Hall–Kier alpha value is -2.40. The molecule has 2 aromatic carbocycles. The number of hydrogen-bond donors (Lipinski definition) is 1. The molecule has 1 amide bonds. The van der Waals surface area contributed by atoms with Gasteiger partial charge in [-0.15, -0.1) is 0 Å². The molecule has 23 heavy (non-hydrogen) atoms. The third-order valence-electron chi connectivity index (χ3n) is 3.06. The van der Waals surface area contributed by atoms with Crippen molar-refractivity contribution in [1.29, 1.82) is 0 Å². The van der Waals surface area contributed by atoms with Gasteiger partial charge in [0.2, 0.25) is 0 Å². The highest BCUT2D eigenvalue weighted by atomic mass is 79.9. The molecule has 0 fully saturated rings. The molecule has 118 valence electrons. The van der Waals surface area contributed by atoms with Crippen LogP contribution in [0.2, 0.25) is 0 Å². The number of methoxy groups -OCH3 is 1. The van der Waals surface area contributed by atoms with E-state index in [0.29, 0.717) is 17.0 Å². The van der Waals surface area contributed by atoms with Crippen molar-refractivity contribution < 1.29 is 9.53 Å². The van der Waals surface area contributed by atoms with Crippen molar-refractivity contribution >= 4 is 33.6 Å². The number of nitrogens with zero attached hydrogens (tertiary/aromatic N) is 1. The van der Waals surface area contributed by atoms with E-state index in [-0.39, 0.29) is 5.91 Å². The highest BCUT2D eigenvalue weighted by Crippen LogP contribution is 2.22. The van der Waals surface area contributed by atoms with Crippen LogP contribution in [-0.2, 0) is 0 Å². The van der Waals surface area contributed by atoms with Crippen LogP contribution in [0.1, 0.15) is 22.8 Å². The van der Waals surface area contributed by atoms with Crippen molar-refractivity contribution in [3.05, 3.63) is 70.2 Å². The topological polar surface area (TPSA) is 50.7 Å². The minimum Gasteiger partial charge on any atom is -0.496 e. The lowest BCUT2D eigenvalue weighted by atomic mass is 10.2. The van der Waals surface area contributed by atoms with Gasteiger partial charge in [0.15, 0.2) is 0 Å². The Bertz CT molecular complexity index is 740. The van der Waals surface area contributed by atoms with Gasteiger partial charge in [0.25, 0.3) is 5.91 Å². The second-order valence-corrected chi connectivity index (χ2v) is 5.70. The van der Waals surface area contributed by atoms with Crippen molar-refractivity contribution in [3.8, 4) is 5.75 Å². The molecule has 1 N–H and O–H groups in total. The molecule has 0 aromatic heterocycles. The Balaban J connectivity index is 2.06. The van der Waals surface area contributed by atoms with Gasteiger partial charge < -0.3 is 4.74 Å². The molecule has 0 aliphatic heterocycles. The minimum atomic E-state index is -0.324. The highest BCUT2D eigenvalue weighted by molar-refractivity contribution is 9.10. The number of amides is 1. The van der Waals surface area contributed by atoms with E-state index in [1.165, 1.54) is 7.11 Å². The average Bonchev–Trinajstić information content (AvgIpc) is 2.58. The van der Waals surface area contributed by atoms with E-state index in [4.69, 9.17) is 4.74 Å². The molecular formula is C18H17BrN2O2. The first-order chi connectivity index (χ1) is 11.1. The summed E-state index contributed by atoms with van der Waals surface area (Å²) in [4.78, 5) is 12.2. The number of hydrogen-bond acceptors (Lipinski definition) is 3. The molecular weight excluding hydrogens is 356 g/mol. The minimum absolute atomic E-state index is 0.324. The zero-order valence-corrected chi connectivity index (χ0v) is 14.5. The van der Waals surface area contributed by atoms with Gasteiger partial charge in [0.05, 0.1) is 18.4 Å². The Morgan fingerprint density at radius 3 is 2.65 bits per heavy atom. The fourth-order valence-corrected chi connectivity index (χ4v) is 2.24. The summed E-state index contributed by atoms with van der Waals surface area (Å²) in [6.07, 6.45) is 3.78. The predicted octanol–water partition coefficient (Wildman–Crippen LogP) is 4.28. The fraction of sp³-hybridized carbons (Fsp3) is 0.111. The Morgan fingerprint density at radius 1 is 1.22 bits per heavy atom. The predicted molar refractivity (Wildman–Crippen MR) is 96.7 cm³/mol. The number of carbonyl (C=O) groups excluding carboxylic acids is 1. The molecule has 0 heterocycles. The summed E-state index contributed by atoms with van der Waals surface area (Å²) in [5, 5.41) is 4.08. The van der Waals surface area contributed by atoms with Crippen LogP contribution in [0.4, 0.5) is 0 Å². The molecule has 0 aliphatic carbocycles. The summed E-state index contributed by atoms with van der Waals surface area (Å²) in [5.41, 5.74) is 4.72.